The lowest BCUT2D eigenvalue weighted by atomic mass is 9.92. The van der Waals surface area contributed by atoms with E-state index in [2.05, 4.69) is 5.32 Å². The third kappa shape index (κ3) is 2.64. The van der Waals surface area contributed by atoms with E-state index in [-0.39, 0.29) is 11.6 Å². The molecule has 1 aliphatic carbocycles. The standard InChI is InChI=1S/C17H19NO4/c1-10-11-6-2-5-9-14(11)22-17(21)15(10)16(20)18-12-7-3-4-8-13(12)19/h2,5-6,9,12-13,19H,3-4,7-8H2,1H3,(H,18,20). The van der Waals surface area contributed by atoms with Gasteiger partial charge >= 0.3 is 5.63 Å². The minimum absolute atomic E-state index is 0.0245. The second kappa shape index (κ2) is 5.93. The van der Waals surface area contributed by atoms with Crippen LogP contribution in [0.25, 0.3) is 11.0 Å². The molecule has 0 radical (unpaired) electrons. The fourth-order valence-corrected chi connectivity index (χ4v) is 3.09. The molecule has 22 heavy (non-hydrogen) atoms. The van der Waals surface area contributed by atoms with Crippen LogP contribution in [0.15, 0.2) is 33.5 Å². The summed E-state index contributed by atoms with van der Waals surface area (Å²) in [4.78, 5) is 24.6. The van der Waals surface area contributed by atoms with Crippen molar-refractivity contribution >= 4 is 16.9 Å². The zero-order valence-corrected chi connectivity index (χ0v) is 12.5. The van der Waals surface area contributed by atoms with E-state index in [1.807, 2.05) is 12.1 Å². The van der Waals surface area contributed by atoms with Crippen LogP contribution in [0, 0.1) is 6.92 Å². The van der Waals surface area contributed by atoms with Gasteiger partial charge in [-0.2, -0.15) is 0 Å². The van der Waals surface area contributed by atoms with Crippen LogP contribution in [-0.2, 0) is 0 Å². The molecule has 5 heteroatoms. The normalized spacial score (nSPS) is 21.7. The molecule has 5 nitrogen and oxygen atoms in total. The van der Waals surface area contributed by atoms with Crippen molar-refractivity contribution in [1.29, 1.82) is 0 Å². The molecule has 0 spiro atoms. The summed E-state index contributed by atoms with van der Waals surface area (Å²) in [6.07, 6.45) is 2.78. The van der Waals surface area contributed by atoms with Gasteiger partial charge in [0, 0.05) is 5.39 Å². The van der Waals surface area contributed by atoms with Gasteiger partial charge in [-0.25, -0.2) is 4.79 Å². The Morgan fingerprint density at radius 3 is 2.77 bits per heavy atom. The molecule has 2 aromatic rings. The van der Waals surface area contributed by atoms with E-state index in [1.165, 1.54) is 0 Å². The monoisotopic (exact) mass is 301 g/mol. The van der Waals surface area contributed by atoms with E-state index in [0.717, 1.165) is 24.6 Å². The summed E-state index contributed by atoms with van der Waals surface area (Å²) < 4.78 is 5.23. The minimum atomic E-state index is -0.640. The van der Waals surface area contributed by atoms with Crippen molar-refractivity contribution in [3.05, 3.63) is 45.8 Å². The Balaban J connectivity index is 1.95. The molecular weight excluding hydrogens is 282 g/mol. The fourth-order valence-electron chi connectivity index (χ4n) is 3.09. The summed E-state index contributed by atoms with van der Waals surface area (Å²) in [6, 6.07) is 6.84. The van der Waals surface area contributed by atoms with Gasteiger partial charge in [-0.05, 0) is 31.4 Å². The van der Waals surface area contributed by atoms with Crippen molar-refractivity contribution in [3.63, 3.8) is 0 Å². The number of rotatable bonds is 2. The summed E-state index contributed by atoms with van der Waals surface area (Å²) in [6.45, 7) is 1.74. The second-order valence-corrected chi connectivity index (χ2v) is 5.82. The van der Waals surface area contributed by atoms with E-state index < -0.39 is 17.6 Å². The largest absolute Gasteiger partial charge is 0.422 e. The maximum atomic E-state index is 12.5. The van der Waals surface area contributed by atoms with Gasteiger partial charge < -0.3 is 14.8 Å². The molecule has 2 atom stereocenters. The predicted molar refractivity (Wildman–Crippen MR) is 83.0 cm³/mol. The molecule has 1 heterocycles. The number of carbonyl (C=O) groups excluding carboxylic acids is 1. The number of hydrogen-bond acceptors (Lipinski definition) is 4. The first kappa shape index (κ1) is 14.8. The molecule has 1 aliphatic rings. The zero-order valence-electron chi connectivity index (χ0n) is 12.5. The van der Waals surface area contributed by atoms with Crippen LogP contribution in [0.3, 0.4) is 0 Å². The highest BCUT2D eigenvalue weighted by Gasteiger charge is 2.27. The number of amides is 1. The molecule has 0 bridgehead atoms. The van der Waals surface area contributed by atoms with Crippen molar-refractivity contribution in [2.75, 3.05) is 0 Å². The summed E-state index contributed by atoms with van der Waals surface area (Å²) >= 11 is 0. The van der Waals surface area contributed by atoms with E-state index in [0.29, 0.717) is 17.6 Å². The summed E-state index contributed by atoms with van der Waals surface area (Å²) in [5, 5.41) is 13.5. The zero-order chi connectivity index (χ0) is 15.7. The third-order valence-corrected chi connectivity index (χ3v) is 4.35. The fraction of sp³-hybridized carbons (Fsp3) is 0.412. The lowest BCUT2D eigenvalue weighted by Gasteiger charge is -2.28. The molecule has 0 saturated heterocycles. The van der Waals surface area contributed by atoms with Crippen LogP contribution in [0.5, 0.6) is 0 Å². The third-order valence-electron chi connectivity index (χ3n) is 4.35. The number of aryl methyl sites for hydroxylation is 1. The van der Waals surface area contributed by atoms with Crippen LogP contribution in [0.4, 0.5) is 0 Å². The van der Waals surface area contributed by atoms with E-state index >= 15 is 0 Å². The van der Waals surface area contributed by atoms with Gasteiger partial charge in [0.2, 0.25) is 0 Å². The van der Waals surface area contributed by atoms with Crippen molar-refractivity contribution in [3.8, 4) is 0 Å². The first-order valence-electron chi connectivity index (χ1n) is 7.59. The number of aliphatic hydroxyl groups excluding tert-OH is 1. The van der Waals surface area contributed by atoms with E-state index in [9.17, 15) is 14.7 Å². The lowest BCUT2D eigenvalue weighted by molar-refractivity contribution is 0.0714. The molecule has 2 unspecified atom stereocenters. The lowest BCUT2D eigenvalue weighted by Crippen LogP contribution is -2.46. The molecule has 116 valence electrons. The maximum Gasteiger partial charge on any atom is 0.349 e. The van der Waals surface area contributed by atoms with Gasteiger partial charge in [0.15, 0.2) is 0 Å². The predicted octanol–water partition coefficient (Wildman–Crippen LogP) is 2.13. The summed E-state index contributed by atoms with van der Waals surface area (Å²) in [5.41, 5.74) is 0.462. The molecule has 1 fully saturated rings. The van der Waals surface area contributed by atoms with Crippen LogP contribution >= 0.6 is 0 Å². The number of aliphatic hydroxyl groups is 1. The molecule has 1 aromatic carbocycles. The topological polar surface area (TPSA) is 79.5 Å². The molecule has 3 rings (SSSR count). The minimum Gasteiger partial charge on any atom is -0.422 e. The molecule has 1 amide bonds. The van der Waals surface area contributed by atoms with Gasteiger partial charge in [0.05, 0.1) is 12.1 Å². The highest BCUT2D eigenvalue weighted by molar-refractivity contribution is 5.99. The van der Waals surface area contributed by atoms with Crippen molar-refractivity contribution in [1.82, 2.24) is 5.32 Å². The molecule has 1 saturated carbocycles. The number of carbonyl (C=O) groups is 1. The van der Waals surface area contributed by atoms with Gasteiger partial charge in [0.25, 0.3) is 5.91 Å². The first-order chi connectivity index (χ1) is 10.6. The van der Waals surface area contributed by atoms with Crippen LogP contribution in [-0.4, -0.2) is 23.2 Å². The number of para-hydroxylation sites is 1. The molecule has 2 N–H and O–H groups in total. The Morgan fingerprint density at radius 1 is 1.27 bits per heavy atom. The Morgan fingerprint density at radius 2 is 2.00 bits per heavy atom. The molecular formula is C17H19NO4. The highest BCUT2D eigenvalue weighted by atomic mass is 16.4. The average Bonchev–Trinajstić information content (AvgIpc) is 2.49. The smallest absolute Gasteiger partial charge is 0.349 e. The van der Waals surface area contributed by atoms with Crippen LogP contribution < -0.4 is 10.9 Å². The van der Waals surface area contributed by atoms with E-state index in [1.54, 1.807) is 19.1 Å². The second-order valence-electron chi connectivity index (χ2n) is 5.82. The van der Waals surface area contributed by atoms with Gasteiger partial charge in [-0.1, -0.05) is 31.0 Å². The van der Waals surface area contributed by atoms with Crippen molar-refractivity contribution in [2.24, 2.45) is 0 Å². The quantitative estimate of drug-likeness (QED) is 0.833. The molecule has 1 aromatic heterocycles. The average molecular weight is 301 g/mol. The van der Waals surface area contributed by atoms with Crippen molar-refractivity contribution in [2.45, 2.75) is 44.8 Å². The Kier molecular flexibility index (Phi) is 3.98. The maximum absolute atomic E-state index is 12.5. The van der Waals surface area contributed by atoms with Gasteiger partial charge in [0.1, 0.15) is 11.1 Å². The Hall–Kier alpha value is -2.14. The van der Waals surface area contributed by atoms with Crippen LogP contribution in [0.2, 0.25) is 0 Å². The SMILES string of the molecule is Cc1c(C(=O)NC2CCCCC2O)c(=O)oc2ccccc12. The summed E-state index contributed by atoms with van der Waals surface area (Å²) in [5.74, 6) is -0.469. The number of hydrogen-bond donors (Lipinski definition) is 2. The van der Waals surface area contributed by atoms with Gasteiger partial charge in [-0.3, -0.25) is 4.79 Å². The summed E-state index contributed by atoms with van der Waals surface area (Å²) in [7, 11) is 0. The van der Waals surface area contributed by atoms with E-state index in [4.69, 9.17) is 4.42 Å². The number of benzene rings is 1. The highest BCUT2D eigenvalue weighted by Crippen LogP contribution is 2.21. The Bertz CT molecular complexity index is 765. The van der Waals surface area contributed by atoms with Crippen LogP contribution in [0.1, 0.15) is 41.6 Å². The first-order valence-corrected chi connectivity index (χ1v) is 7.59. The number of fused-ring (bicyclic) bond motifs is 1. The number of nitrogens with one attached hydrogen (secondary N) is 1. The van der Waals surface area contributed by atoms with Crippen molar-refractivity contribution < 1.29 is 14.3 Å². The van der Waals surface area contributed by atoms with Gasteiger partial charge in [-0.15, -0.1) is 0 Å². The Labute approximate surface area is 127 Å². The molecule has 0 aliphatic heterocycles.